The van der Waals surface area contributed by atoms with Gasteiger partial charge in [-0.15, -0.1) is 0 Å². The maximum atomic E-state index is 14.3. The molecule has 1 atom stereocenters. The molecule has 0 saturated heterocycles. The smallest absolute Gasteiger partial charge is 0.254 e. The van der Waals surface area contributed by atoms with Gasteiger partial charge in [-0.1, -0.05) is 17.7 Å². The Morgan fingerprint density at radius 2 is 2.12 bits per heavy atom. The van der Waals surface area contributed by atoms with Crippen LogP contribution in [0.2, 0.25) is 5.02 Å². The predicted molar refractivity (Wildman–Crippen MR) is 95.3 cm³/mol. The average Bonchev–Trinajstić information content (AvgIpc) is 2.64. The van der Waals surface area contributed by atoms with E-state index in [1.54, 1.807) is 31.2 Å². The molecule has 136 valence electrons. The first-order valence-electron chi connectivity index (χ1n) is 7.91. The standard InChI is InChI=1S/C19H18ClFN2O3/c1-3-26-18(15-7-6-14(25-2)9-17(15)21)19(24)23-11-12-4-5-13(10-22)16(20)8-12/h4-9,18H,3,11H2,1-2H3,(H,23,24)/t18-/m0/s1. The lowest BCUT2D eigenvalue weighted by Crippen LogP contribution is -2.31. The van der Waals surface area contributed by atoms with Crippen molar-refractivity contribution in [3.8, 4) is 11.8 Å². The van der Waals surface area contributed by atoms with Crippen molar-refractivity contribution in [3.05, 3.63) is 63.9 Å². The first-order valence-corrected chi connectivity index (χ1v) is 8.29. The first-order chi connectivity index (χ1) is 12.5. The molecule has 0 bridgehead atoms. The molecule has 2 aromatic carbocycles. The predicted octanol–water partition coefficient (Wildman–Crippen LogP) is 3.75. The quantitative estimate of drug-likeness (QED) is 0.798. The Labute approximate surface area is 156 Å². The molecule has 0 aliphatic heterocycles. The summed E-state index contributed by atoms with van der Waals surface area (Å²) < 4.78 is 24.7. The third kappa shape index (κ3) is 4.72. The second kappa shape index (κ2) is 9.18. The average molecular weight is 377 g/mol. The molecular weight excluding hydrogens is 359 g/mol. The van der Waals surface area contributed by atoms with Gasteiger partial charge in [0.2, 0.25) is 0 Å². The van der Waals surface area contributed by atoms with E-state index in [1.165, 1.54) is 19.2 Å². The lowest BCUT2D eigenvalue weighted by atomic mass is 10.1. The number of nitriles is 1. The Morgan fingerprint density at radius 1 is 1.35 bits per heavy atom. The molecule has 1 N–H and O–H groups in total. The summed E-state index contributed by atoms with van der Waals surface area (Å²) in [7, 11) is 1.43. The Kier molecular flexibility index (Phi) is 6.96. The molecule has 0 aliphatic carbocycles. The van der Waals surface area contributed by atoms with Crippen molar-refractivity contribution >= 4 is 17.5 Å². The number of hydrogen-bond acceptors (Lipinski definition) is 4. The molecule has 5 nitrogen and oxygen atoms in total. The summed E-state index contributed by atoms with van der Waals surface area (Å²) in [5, 5.41) is 11.9. The third-order valence-electron chi connectivity index (χ3n) is 3.68. The maximum Gasteiger partial charge on any atom is 0.254 e. The number of methoxy groups -OCH3 is 1. The molecule has 0 fully saturated rings. The number of carbonyl (C=O) groups is 1. The lowest BCUT2D eigenvalue weighted by Gasteiger charge is -2.18. The van der Waals surface area contributed by atoms with Gasteiger partial charge >= 0.3 is 0 Å². The van der Waals surface area contributed by atoms with E-state index in [-0.39, 0.29) is 18.7 Å². The SMILES string of the molecule is CCO[C@H](C(=O)NCc1ccc(C#N)c(Cl)c1)c1ccc(OC)cc1F. The fourth-order valence-corrected chi connectivity index (χ4v) is 2.61. The summed E-state index contributed by atoms with van der Waals surface area (Å²) in [4.78, 5) is 12.5. The highest BCUT2D eigenvalue weighted by atomic mass is 35.5. The van der Waals surface area contributed by atoms with Crippen LogP contribution in [0.4, 0.5) is 4.39 Å². The van der Waals surface area contributed by atoms with Crippen LogP contribution in [-0.4, -0.2) is 19.6 Å². The van der Waals surface area contributed by atoms with Gasteiger partial charge in [0.1, 0.15) is 17.6 Å². The molecule has 2 rings (SSSR count). The van der Waals surface area contributed by atoms with Crippen molar-refractivity contribution in [1.29, 1.82) is 5.26 Å². The molecule has 2 aromatic rings. The maximum absolute atomic E-state index is 14.3. The Hall–Kier alpha value is -2.62. The number of nitrogens with zero attached hydrogens (tertiary/aromatic N) is 1. The van der Waals surface area contributed by atoms with Crippen molar-refractivity contribution in [2.45, 2.75) is 19.6 Å². The number of ether oxygens (including phenoxy) is 2. The van der Waals surface area contributed by atoms with Gasteiger partial charge in [-0.25, -0.2) is 4.39 Å². The number of amides is 1. The van der Waals surface area contributed by atoms with Gasteiger partial charge in [-0.2, -0.15) is 5.26 Å². The van der Waals surface area contributed by atoms with Gasteiger partial charge < -0.3 is 14.8 Å². The van der Waals surface area contributed by atoms with Crippen molar-refractivity contribution in [3.63, 3.8) is 0 Å². The number of hydrogen-bond donors (Lipinski definition) is 1. The van der Waals surface area contributed by atoms with E-state index in [2.05, 4.69) is 5.32 Å². The molecular formula is C19H18ClFN2O3. The zero-order chi connectivity index (χ0) is 19.1. The van der Waals surface area contributed by atoms with Crippen molar-refractivity contribution in [2.75, 3.05) is 13.7 Å². The van der Waals surface area contributed by atoms with Crippen LogP contribution in [0.5, 0.6) is 5.75 Å². The molecule has 7 heteroatoms. The van der Waals surface area contributed by atoms with Crippen molar-refractivity contribution in [2.24, 2.45) is 0 Å². The zero-order valence-corrected chi connectivity index (χ0v) is 15.1. The third-order valence-corrected chi connectivity index (χ3v) is 3.99. The van der Waals surface area contributed by atoms with E-state index >= 15 is 0 Å². The summed E-state index contributed by atoms with van der Waals surface area (Å²) in [6, 6.07) is 11.1. The molecule has 0 saturated carbocycles. The summed E-state index contributed by atoms with van der Waals surface area (Å²) in [6.45, 7) is 2.14. The lowest BCUT2D eigenvalue weighted by molar-refractivity contribution is -0.133. The van der Waals surface area contributed by atoms with E-state index in [9.17, 15) is 9.18 Å². The Morgan fingerprint density at radius 3 is 2.69 bits per heavy atom. The molecule has 0 radical (unpaired) electrons. The van der Waals surface area contributed by atoms with Gasteiger partial charge in [-0.05, 0) is 36.8 Å². The molecule has 0 spiro atoms. The minimum atomic E-state index is -1.08. The van der Waals surface area contributed by atoms with E-state index in [4.69, 9.17) is 26.3 Å². The summed E-state index contributed by atoms with van der Waals surface area (Å²) in [6.07, 6.45) is -1.08. The largest absolute Gasteiger partial charge is 0.497 e. The van der Waals surface area contributed by atoms with Gasteiger partial charge in [-0.3, -0.25) is 4.79 Å². The van der Waals surface area contributed by atoms with E-state index in [0.29, 0.717) is 21.9 Å². The minimum absolute atomic E-state index is 0.128. The highest BCUT2D eigenvalue weighted by Gasteiger charge is 2.24. The second-order valence-corrected chi connectivity index (χ2v) is 5.77. The summed E-state index contributed by atoms with van der Waals surface area (Å²) >= 11 is 5.98. The van der Waals surface area contributed by atoms with Crippen LogP contribution in [0.1, 0.15) is 29.7 Å². The molecule has 26 heavy (non-hydrogen) atoms. The van der Waals surface area contributed by atoms with Crippen LogP contribution in [0.3, 0.4) is 0 Å². The van der Waals surface area contributed by atoms with Crippen molar-refractivity contribution in [1.82, 2.24) is 5.32 Å². The molecule has 0 aliphatic rings. The van der Waals surface area contributed by atoms with E-state index < -0.39 is 17.8 Å². The fraction of sp³-hybridized carbons (Fsp3) is 0.263. The highest BCUT2D eigenvalue weighted by molar-refractivity contribution is 6.31. The first kappa shape index (κ1) is 19.7. The van der Waals surface area contributed by atoms with Gasteiger partial charge in [0, 0.05) is 24.8 Å². The number of nitrogens with one attached hydrogen (secondary N) is 1. The normalized spacial score (nSPS) is 11.5. The minimum Gasteiger partial charge on any atom is -0.497 e. The second-order valence-electron chi connectivity index (χ2n) is 5.37. The van der Waals surface area contributed by atoms with Crippen LogP contribution in [0.25, 0.3) is 0 Å². The number of benzene rings is 2. The molecule has 0 heterocycles. The highest BCUT2D eigenvalue weighted by Crippen LogP contribution is 2.25. The molecule has 0 unspecified atom stereocenters. The van der Waals surface area contributed by atoms with Crippen molar-refractivity contribution < 1.29 is 18.7 Å². The monoisotopic (exact) mass is 376 g/mol. The van der Waals surface area contributed by atoms with E-state index in [0.717, 1.165) is 0 Å². The number of rotatable bonds is 7. The number of carbonyl (C=O) groups excluding carboxylic acids is 1. The van der Waals surface area contributed by atoms with E-state index in [1.807, 2.05) is 6.07 Å². The van der Waals surface area contributed by atoms with Gasteiger partial charge in [0.15, 0.2) is 6.10 Å². The topological polar surface area (TPSA) is 71.3 Å². The van der Waals surface area contributed by atoms with Crippen LogP contribution in [-0.2, 0) is 16.1 Å². The summed E-state index contributed by atoms with van der Waals surface area (Å²) in [5.74, 6) is -0.704. The van der Waals surface area contributed by atoms with Crippen LogP contribution < -0.4 is 10.1 Å². The van der Waals surface area contributed by atoms with Crippen LogP contribution >= 0.6 is 11.6 Å². The Balaban J connectivity index is 2.14. The summed E-state index contributed by atoms with van der Waals surface area (Å²) in [5.41, 5.74) is 1.20. The van der Waals surface area contributed by atoms with Gasteiger partial charge in [0.25, 0.3) is 5.91 Å². The van der Waals surface area contributed by atoms with Gasteiger partial charge in [0.05, 0.1) is 17.7 Å². The van der Waals surface area contributed by atoms with Crippen LogP contribution in [0.15, 0.2) is 36.4 Å². The zero-order valence-electron chi connectivity index (χ0n) is 14.4. The molecule has 0 aromatic heterocycles. The van der Waals surface area contributed by atoms with Crippen LogP contribution in [0, 0.1) is 17.1 Å². The molecule has 1 amide bonds. The number of halogens is 2. The Bertz CT molecular complexity index is 836. The fourth-order valence-electron chi connectivity index (χ4n) is 2.36.